The van der Waals surface area contributed by atoms with Crippen molar-refractivity contribution in [2.75, 3.05) is 19.7 Å². The third-order valence-corrected chi connectivity index (χ3v) is 3.31. The molecule has 0 spiro atoms. The summed E-state index contributed by atoms with van der Waals surface area (Å²) in [6.07, 6.45) is 3.74. The molecule has 0 radical (unpaired) electrons. The number of guanidine groups is 1. The molecule has 1 aromatic carbocycles. The van der Waals surface area contributed by atoms with Crippen molar-refractivity contribution in [2.45, 2.75) is 32.7 Å². The van der Waals surface area contributed by atoms with E-state index in [2.05, 4.69) is 16.0 Å². The van der Waals surface area contributed by atoms with Crippen LogP contribution in [0.1, 0.15) is 31.7 Å². The topological polar surface area (TPSA) is 50.9 Å². The minimum absolute atomic E-state index is 0.614. The summed E-state index contributed by atoms with van der Waals surface area (Å²) in [6.45, 7) is 5.35. The van der Waals surface area contributed by atoms with Crippen molar-refractivity contribution >= 4 is 5.96 Å². The first kappa shape index (κ1) is 13.7. The van der Waals surface area contributed by atoms with Gasteiger partial charge in [-0.2, -0.15) is 0 Å². The van der Waals surface area contributed by atoms with Gasteiger partial charge in [0.1, 0.15) is 5.75 Å². The zero-order valence-corrected chi connectivity index (χ0v) is 11.6. The van der Waals surface area contributed by atoms with Crippen LogP contribution in [0.4, 0.5) is 0 Å². The lowest BCUT2D eigenvalue weighted by molar-refractivity contribution is 0.337. The van der Waals surface area contributed by atoms with E-state index in [4.69, 9.17) is 10.5 Å². The molecule has 0 aliphatic carbocycles. The van der Waals surface area contributed by atoms with Gasteiger partial charge in [0.05, 0.1) is 13.2 Å². The Bertz CT molecular complexity index is 425. The van der Waals surface area contributed by atoms with E-state index in [-0.39, 0.29) is 0 Å². The zero-order chi connectivity index (χ0) is 13.5. The summed E-state index contributed by atoms with van der Waals surface area (Å²) < 4.78 is 5.48. The van der Waals surface area contributed by atoms with E-state index in [0.29, 0.717) is 19.1 Å². The molecule has 0 unspecified atom stereocenters. The minimum Gasteiger partial charge on any atom is -0.494 e. The van der Waals surface area contributed by atoms with E-state index in [1.54, 1.807) is 0 Å². The fraction of sp³-hybridized carbons (Fsp3) is 0.533. The highest BCUT2D eigenvalue weighted by atomic mass is 16.5. The Morgan fingerprint density at radius 1 is 1.32 bits per heavy atom. The van der Waals surface area contributed by atoms with E-state index in [0.717, 1.165) is 24.4 Å². The molecular formula is C15H23N3O. The third-order valence-electron chi connectivity index (χ3n) is 3.31. The highest BCUT2D eigenvalue weighted by Crippen LogP contribution is 2.14. The van der Waals surface area contributed by atoms with Gasteiger partial charge in [-0.25, -0.2) is 4.99 Å². The van der Waals surface area contributed by atoms with Gasteiger partial charge in [-0.05, 0) is 43.9 Å². The predicted molar refractivity (Wildman–Crippen MR) is 78.4 cm³/mol. The van der Waals surface area contributed by atoms with Gasteiger partial charge in [0.25, 0.3) is 0 Å². The van der Waals surface area contributed by atoms with Crippen molar-refractivity contribution in [3.63, 3.8) is 0 Å². The van der Waals surface area contributed by atoms with Gasteiger partial charge in [0.2, 0.25) is 0 Å². The molecule has 0 saturated carbocycles. The molecule has 1 aliphatic rings. The highest BCUT2D eigenvalue weighted by molar-refractivity contribution is 5.78. The molecule has 1 saturated heterocycles. The van der Waals surface area contributed by atoms with E-state index in [1.165, 1.54) is 19.3 Å². The molecule has 104 valence electrons. The van der Waals surface area contributed by atoms with Gasteiger partial charge in [-0.3, -0.25) is 0 Å². The summed E-state index contributed by atoms with van der Waals surface area (Å²) in [4.78, 5) is 6.66. The van der Waals surface area contributed by atoms with Crippen molar-refractivity contribution in [1.82, 2.24) is 4.90 Å². The van der Waals surface area contributed by atoms with Crippen LogP contribution < -0.4 is 10.5 Å². The molecule has 0 bridgehead atoms. The van der Waals surface area contributed by atoms with E-state index in [9.17, 15) is 0 Å². The maximum Gasteiger partial charge on any atom is 0.191 e. The number of aliphatic imine (C=N–C) groups is 1. The minimum atomic E-state index is 0.614. The van der Waals surface area contributed by atoms with Gasteiger partial charge >= 0.3 is 0 Å². The zero-order valence-electron chi connectivity index (χ0n) is 11.6. The molecule has 2 rings (SSSR count). The number of hydrogen-bond acceptors (Lipinski definition) is 2. The summed E-state index contributed by atoms with van der Waals surface area (Å²) in [5.41, 5.74) is 7.17. The summed E-state index contributed by atoms with van der Waals surface area (Å²) >= 11 is 0. The van der Waals surface area contributed by atoms with Crippen LogP contribution in [-0.2, 0) is 6.54 Å². The van der Waals surface area contributed by atoms with Crippen molar-refractivity contribution in [3.05, 3.63) is 29.8 Å². The van der Waals surface area contributed by atoms with Gasteiger partial charge in [-0.15, -0.1) is 0 Å². The number of ether oxygens (including phenoxy) is 1. The standard InChI is InChI=1S/C15H23N3O/c1-2-19-14-8-6-7-13(11-14)12-17-15(16)18-9-4-3-5-10-18/h6-8,11H,2-5,9-10,12H2,1H3,(H2,16,17). The van der Waals surface area contributed by atoms with Crippen molar-refractivity contribution in [3.8, 4) is 5.75 Å². The maximum absolute atomic E-state index is 6.04. The average molecular weight is 261 g/mol. The summed E-state index contributed by atoms with van der Waals surface area (Å²) in [5, 5.41) is 0. The number of benzene rings is 1. The molecule has 1 aromatic rings. The molecule has 19 heavy (non-hydrogen) atoms. The smallest absolute Gasteiger partial charge is 0.191 e. The first-order valence-corrected chi connectivity index (χ1v) is 7.06. The Hall–Kier alpha value is -1.71. The Kier molecular flexibility index (Phi) is 5.07. The average Bonchev–Trinajstić information content (AvgIpc) is 2.46. The van der Waals surface area contributed by atoms with E-state index >= 15 is 0 Å². The first-order chi connectivity index (χ1) is 9.29. The second kappa shape index (κ2) is 7.02. The van der Waals surface area contributed by atoms with Crippen molar-refractivity contribution in [1.29, 1.82) is 0 Å². The van der Waals surface area contributed by atoms with Crippen LogP contribution in [0.15, 0.2) is 29.3 Å². The van der Waals surface area contributed by atoms with Crippen LogP contribution >= 0.6 is 0 Å². The number of likely N-dealkylation sites (tertiary alicyclic amines) is 1. The first-order valence-electron chi connectivity index (χ1n) is 7.06. The molecule has 1 aliphatic heterocycles. The van der Waals surface area contributed by atoms with Crippen LogP contribution in [0.2, 0.25) is 0 Å². The van der Waals surface area contributed by atoms with Crippen molar-refractivity contribution < 1.29 is 4.74 Å². The lowest BCUT2D eigenvalue weighted by Crippen LogP contribution is -2.40. The van der Waals surface area contributed by atoms with Gasteiger partial charge in [-0.1, -0.05) is 12.1 Å². The second-order valence-corrected chi connectivity index (χ2v) is 4.80. The number of hydrogen-bond donors (Lipinski definition) is 1. The number of nitrogens with two attached hydrogens (primary N) is 1. The van der Waals surface area contributed by atoms with Gasteiger partial charge < -0.3 is 15.4 Å². The highest BCUT2D eigenvalue weighted by Gasteiger charge is 2.11. The van der Waals surface area contributed by atoms with Gasteiger partial charge in [0, 0.05) is 13.1 Å². The van der Waals surface area contributed by atoms with Crippen molar-refractivity contribution in [2.24, 2.45) is 10.7 Å². The molecule has 4 nitrogen and oxygen atoms in total. The normalized spacial score (nSPS) is 16.5. The summed E-state index contributed by atoms with van der Waals surface area (Å²) in [5.74, 6) is 1.56. The molecule has 0 aromatic heterocycles. The van der Waals surface area contributed by atoms with Gasteiger partial charge in [0.15, 0.2) is 5.96 Å². The van der Waals surface area contributed by atoms with Crippen LogP contribution in [0, 0.1) is 0 Å². The SMILES string of the molecule is CCOc1cccc(CN=C(N)N2CCCCC2)c1. The fourth-order valence-electron chi connectivity index (χ4n) is 2.30. The molecule has 1 heterocycles. The number of rotatable bonds is 4. The number of piperidine rings is 1. The Morgan fingerprint density at radius 3 is 2.84 bits per heavy atom. The fourth-order valence-corrected chi connectivity index (χ4v) is 2.30. The molecule has 0 amide bonds. The van der Waals surface area contributed by atoms with E-state index in [1.807, 2.05) is 25.1 Å². The summed E-state index contributed by atoms with van der Waals surface area (Å²) in [6, 6.07) is 8.03. The molecule has 4 heteroatoms. The van der Waals surface area contributed by atoms with Crippen LogP contribution in [0.25, 0.3) is 0 Å². The van der Waals surface area contributed by atoms with Crippen LogP contribution in [0.3, 0.4) is 0 Å². The Morgan fingerprint density at radius 2 is 2.11 bits per heavy atom. The Labute approximate surface area is 115 Å². The molecule has 0 atom stereocenters. The number of nitrogens with zero attached hydrogens (tertiary/aromatic N) is 2. The lowest BCUT2D eigenvalue weighted by atomic mass is 10.1. The quantitative estimate of drug-likeness (QED) is 0.669. The van der Waals surface area contributed by atoms with Crippen LogP contribution in [0.5, 0.6) is 5.75 Å². The predicted octanol–water partition coefficient (Wildman–Crippen LogP) is 2.39. The van der Waals surface area contributed by atoms with E-state index < -0.39 is 0 Å². The largest absolute Gasteiger partial charge is 0.494 e. The molecule has 2 N–H and O–H groups in total. The third kappa shape index (κ3) is 4.16. The molecular weight excluding hydrogens is 238 g/mol. The lowest BCUT2D eigenvalue weighted by Gasteiger charge is -2.27. The summed E-state index contributed by atoms with van der Waals surface area (Å²) in [7, 11) is 0. The monoisotopic (exact) mass is 261 g/mol. The second-order valence-electron chi connectivity index (χ2n) is 4.80. The van der Waals surface area contributed by atoms with Crippen LogP contribution in [-0.4, -0.2) is 30.6 Å². The maximum atomic E-state index is 6.04. The Balaban J connectivity index is 1.94. The molecule has 1 fully saturated rings.